The highest BCUT2D eigenvalue weighted by Gasteiger charge is 2.14. The zero-order chi connectivity index (χ0) is 11.5. The van der Waals surface area contributed by atoms with Gasteiger partial charge in [0.15, 0.2) is 0 Å². The second-order valence-electron chi connectivity index (χ2n) is 3.33. The summed E-state index contributed by atoms with van der Waals surface area (Å²) in [6.07, 6.45) is 1.81. The van der Waals surface area contributed by atoms with Gasteiger partial charge in [0.25, 0.3) is 0 Å². The van der Waals surface area contributed by atoms with Gasteiger partial charge in [0.2, 0.25) is 10.0 Å². The van der Waals surface area contributed by atoms with E-state index in [4.69, 9.17) is 5.73 Å². The Bertz CT molecular complexity index is 456. The average molecular weight is 246 g/mol. The van der Waals surface area contributed by atoms with Gasteiger partial charge in [-0.3, -0.25) is 0 Å². The van der Waals surface area contributed by atoms with E-state index >= 15 is 0 Å². The predicted octanol–water partition coefficient (Wildman–Crippen LogP) is 1.57. The Labute approximate surface area is 93.9 Å². The standard InChI is InChI=1S/C9H14N2O2S2/c1-7(2)3-4-11-15(12,13)9-5-8(10)6-14-9/h3,5-6,11H,4,10H2,1-2H3. The van der Waals surface area contributed by atoms with Gasteiger partial charge >= 0.3 is 0 Å². The van der Waals surface area contributed by atoms with E-state index < -0.39 is 10.0 Å². The molecule has 0 aliphatic heterocycles. The quantitative estimate of drug-likeness (QED) is 0.792. The molecule has 15 heavy (non-hydrogen) atoms. The molecule has 0 unspecified atom stereocenters. The van der Waals surface area contributed by atoms with Gasteiger partial charge in [-0.05, 0) is 19.9 Å². The fourth-order valence-corrected chi connectivity index (χ4v) is 2.99. The third kappa shape index (κ3) is 3.65. The molecule has 0 saturated carbocycles. The van der Waals surface area contributed by atoms with Crippen molar-refractivity contribution in [3.05, 3.63) is 23.1 Å². The molecular weight excluding hydrogens is 232 g/mol. The number of nitrogens with one attached hydrogen (secondary N) is 1. The number of anilines is 1. The molecule has 0 amide bonds. The van der Waals surface area contributed by atoms with Crippen LogP contribution in [0.5, 0.6) is 0 Å². The highest BCUT2D eigenvalue weighted by Crippen LogP contribution is 2.20. The Morgan fingerprint density at radius 2 is 2.27 bits per heavy atom. The van der Waals surface area contributed by atoms with E-state index in [1.54, 1.807) is 5.38 Å². The van der Waals surface area contributed by atoms with Gasteiger partial charge in [-0.25, -0.2) is 13.1 Å². The second-order valence-corrected chi connectivity index (χ2v) is 6.24. The topological polar surface area (TPSA) is 72.2 Å². The van der Waals surface area contributed by atoms with E-state index in [-0.39, 0.29) is 4.21 Å². The Kier molecular flexibility index (Phi) is 3.90. The molecule has 1 heterocycles. The third-order valence-corrected chi connectivity index (χ3v) is 4.53. The molecule has 4 nitrogen and oxygen atoms in total. The van der Waals surface area contributed by atoms with E-state index in [9.17, 15) is 8.42 Å². The summed E-state index contributed by atoms with van der Waals surface area (Å²) >= 11 is 1.12. The highest BCUT2D eigenvalue weighted by molar-refractivity contribution is 7.91. The van der Waals surface area contributed by atoms with Gasteiger partial charge in [0.1, 0.15) is 4.21 Å². The number of allylic oxidation sites excluding steroid dienone is 1. The van der Waals surface area contributed by atoms with Crippen molar-refractivity contribution in [2.24, 2.45) is 0 Å². The van der Waals surface area contributed by atoms with Crippen LogP contribution in [0.15, 0.2) is 27.3 Å². The first-order valence-electron chi connectivity index (χ1n) is 4.39. The van der Waals surface area contributed by atoms with E-state index in [1.165, 1.54) is 6.07 Å². The maximum absolute atomic E-state index is 11.6. The zero-order valence-corrected chi connectivity index (χ0v) is 10.3. The van der Waals surface area contributed by atoms with Gasteiger partial charge in [-0.2, -0.15) is 0 Å². The first-order chi connectivity index (χ1) is 6.92. The molecule has 0 spiro atoms. The van der Waals surface area contributed by atoms with Crippen molar-refractivity contribution in [2.45, 2.75) is 18.1 Å². The summed E-state index contributed by atoms with van der Waals surface area (Å²) in [4.78, 5) is 0. The molecule has 84 valence electrons. The lowest BCUT2D eigenvalue weighted by atomic mass is 10.3. The number of sulfonamides is 1. The number of nitrogen functional groups attached to an aromatic ring is 1. The van der Waals surface area contributed by atoms with Crippen LogP contribution in [0.3, 0.4) is 0 Å². The Morgan fingerprint density at radius 1 is 1.60 bits per heavy atom. The molecule has 0 bridgehead atoms. The highest BCUT2D eigenvalue weighted by atomic mass is 32.2. The number of thiophene rings is 1. The van der Waals surface area contributed by atoms with Gasteiger partial charge < -0.3 is 5.73 Å². The molecule has 0 saturated heterocycles. The lowest BCUT2D eigenvalue weighted by Gasteiger charge is -2.01. The number of hydrogen-bond donors (Lipinski definition) is 2. The van der Waals surface area contributed by atoms with Crippen LogP contribution in [0.1, 0.15) is 13.8 Å². The molecule has 1 rings (SSSR count). The molecule has 0 aliphatic carbocycles. The molecule has 1 aromatic rings. The molecule has 6 heteroatoms. The van der Waals surface area contributed by atoms with Gasteiger partial charge in [-0.15, -0.1) is 11.3 Å². The van der Waals surface area contributed by atoms with Crippen LogP contribution >= 0.6 is 11.3 Å². The SMILES string of the molecule is CC(C)=CCNS(=O)(=O)c1cc(N)cs1. The number of hydrogen-bond acceptors (Lipinski definition) is 4. The van der Waals surface area contributed by atoms with Crippen molar-refractivity contribution < 1.29 is 8.42 Å². The molecule has 0 aromatic carbocycles. The summed E-state index contributed by atoms with van der Waals surface area (Å²) in [7, 11) is -3.39. The van der Waals surface area contributed by atoms with Crippen molar-refractivity contribution in [3.8, 4) is 0 Å². The van der Waals surface area contributed by atoms with Crippen molar-refractivity contribution >= 4 is 27.0 Å². The maximum atomic E-state index is 11.6. The maximum Gasteiger partial charge on any atom is 0.250 e. The van der Waals surface area contributed by atoms with Gasteiger partial charge in [-0.1, -0.05) is 11.6 Å². The summed E-state index contributed by atoms with van der Waals surface area (Å²) in [6, 6.07) is 1.45. The lowest BCUT2D eigenvalue weighted by Crippen LogP contribution is -2.23. The molecule has 1 aromatic heterocycles. The molecule has 0 radical (unpaired) electrons. The summed E-state index contributed by atoms with van der Waals surface area (Å²) < 4.78 is 26.0. The smallest absolute Gasteiger partial charge is 0.250 e. The van der Waals surface area contributed by atoms with Crippen LogP contribution in [-0.4, -0.2) is 15.0 Å². The molecule has 0 atom stereocenters. The predicted molar refractivity (Wildman–Crippen MR) is 63.4 cm³/mol. The minimum atomic E-state index is -3.39. The minimum Gasteiger partial charge on any atom is -0.398 e. The summed E-state index contributed by atoms with van der Waals surface area (Å²) in [5.74, 6) is 0. The van der Waals surface area contributed by atoms with Gasteiger partial charge in [0.05, 0.1) is 0 Å². The van der Waals surface area contributed by atoms with Crippen LogP contribution in [0.2, 0.25) is 0 Å². The zero-order valence-electron chi connectivity index (χ0n) is 8.65. The monoisotopic (exact) mass is 246 g/mol. The molecule has 0 aliphatic rings. The van der Waals surface area contributed by atoms with Crippen molar-refractivity contribution in [1.29, 1.82) is 0 Å². The normalized spacial score (nSPS) is 11.3. The van der Waals surface area contributed by atoms with Crippen LogP contribution in [0, 0.1) is 0 Å². The van der Waals surface area contributed by atoms with Crippen LogP contribution in [0.25, 0.3) is 0 Å². The first kappa shape index (κ1) is 12.2. The summed E-state index contributed by atoms with van der Waals surface area (Å²) in [6.45, 7) is 4.14. The fraction of sp³-hybridized carbons (Fsp3) is 0.333. The lowest BCUT2D eigenvalue weighted by molar-refractivity contribution is 0.587. The molecular formula is C9H14N2O2S2. The Morgan fingerprint density at radius 3 is 2.73 bits per heavy atom. The van der Waals surface area contributed by atoms with E-state index in [0.29, 0.717) is 12.2 Å². The Balaban J connectivity index is 2.73. The summed E-state index contributed by atoms with van der Waals surface area (Å²) in [5.41, 5.74) is 7.01. The Hall–Kier alpha value is -0.850. The number of rotatable bonds is 4. The van der Waals surface area contributed by atoms with Gasteiger partial charge in [0, 0.05) is 17.6 Å². The largest absolute Gasteiger partial charge is 0.398 e. The minimum absolute atomic E-state index is 0.252. The first-order valence-corrected chi connectivity index (χ1v) is 6.75. The van der Waals surface area contributed by atoms with Crippen LogP contribution in [-0.2, 0) is 10.0 Å². The third-order valence-electron chi connectivity index (χ3n) is 1.64. The van der Waals surface area contributed by atoms with Crippen molar-refractivity contribution in [1.82, 2.24) is 4.72 Å². The van der Waals surface area contributed by atoms with Crippen LogP contribution < -0.4 is 10.5 Å². The fourth-order valence-electron chi connectivity index (χ4n) is 0.898. The van der Waals surface area contributed by atoms with Crippen molar-refractivity contribution in [3.63, 3.8) is 0 Å². The van der Waals surface area contributed by atoms with E-state index in [0.717, 1.165) is 16.9 Å². The van der Waals surface area contributed by atoms with E-state index in [2.05, 4.69) is 4.72 Å². The summed E-state index contributed by atoms with van der Waals surface area (Å²) in [5, 5.41) is 1.61. The van der Waals surface area contributed by atoms with Crippen LogP contribution in [0.4, 0.5) is 5.69 Å². The average Bonchev–Trinajstić information content (AvgIpc) is 2.51. The second kappa shape index (κ2) is 4.78. The van der Waals surface area contributed by atoms with E-state index in [1.807, 2.05) is 19.9 Å². The number of nitrogens with two attached hydrogens (primary N) is 1. The van der Waals surface area contributed by atoms with Crippen molar-refractivity contribution in [2.75, 3.05) is 12.3 Å². The molecule has 0 fully saturated rings. The molecule has 3 N–H and O–H groups in total.